The van der Waals surface area contributed by atoms with Crippen LogP contribution in [0.15, 0.2) is 0 Å². The molecule has 0 heterocycles. The Bertz CT molecular complexity index is 493. The van der Waals surface area contributed by atoms with Gasteiger partial charge in [0.25, 0.3) is 0 Å². The molecule has 0 bridgehead atoms. The van der Waals surface area contributed by atoms with E-state index in [2.05, 4.69) is 39.5 Å². The Morgan fingerprint density at radius 1 is 0.864 bits per heavy atom. The van der Waals surface area contributed by atoms with Gasteiger partial charge in [0, 0.05) is 6.54 Å². The van der Waals surface area contributed by atoms with Crippen molar-refractivity contribution in [3.8, 4) is 0 Å². The van der Waals surface area contributed by atoms with Gasteiger partial charge in [-0.05, 0) is 75.5 Å². The van der Waals surface area contributed by atoms with E-state index in [1.807, 2.05) is 13.8 Å². The van der Waals surface area contributed by atoms with Gasteiger partial charge in [-0.25, -0.2) is 4.79 Å². The molecule has 0 aromatic heterocycles. The molecule has 0 aliphatic carbocycles. The van der Waals surface area contributed by atoms with E-state index in [1.165, 1.54) is 16.7 Å². The smallest absolute Gasteiger partial charge is 0.338 e. The Balaban J connectivity index is 0.00000441. The van der Waals surface area contributed by atoms with Crippen LogP contribution in [-0.4, -0.2) is 37.1 Å². The Labute approximate surface area is 141 Å². The van der Waals surface area contributed by atoms with Gasteiger partial charge >= 0.3 is 5.97 Å². The van der Waals surface area contributed by atoms with Gasteiger partial charge in [0.1, 0.15) is 6.61 Å². The molecule has 0 saturated heterocycles. The van der Waals surface area contributed by atoms with Crippen LogP contribution in [0.4, 0.5) is 0 Å². The van der Waals surface area contributed by atoms with Crippen molar-refractivity contribution in [2.75, 3.05) is 26.2 Å². The number of esters is 1. The van der Waals surface area contributed by atoms with Crippen LogP contribution < -0.4 is 0 Å². The molecule has 0 radical (unpaired) electrons. The highest BCUT2D eigenvalue weighted by atomic mass is 35.5. The van der Waals surface area contributed by atoms with Crippen LogP contribution in [0.25, 0.3) is 0 Å². The highest BCUT2D eigenvalue weighted by Gasteiger charge is 2.19. The third-order valence-corrected chi connectivity index (χ3v) is 4.74. The second-order valence-corrected chi connectivity index (χ2v) is 5.66. The molecule has 1 aromatic carbocycles. The number of halogens is 1. The lowest BCUT2D eigenvalue weighted by Crippen LogP contribution is -2.28. The van der Waals surface area contributed by atoms with Crippen LogP contribution in [0.3, 0.4) is 0 Å². The molecule has 1 aromatic rings. The van der Waals surface area contributed by atoms with Crippen molar-refractivity contribution in [2.45, 2.75) is 48.5 Å². The third kappa shape index (κ3) is 4.47. The molecule has 0 aliphatic rings. The zero-order chi connectivity index (χ0) is 16.2. The molecule has 0 aliphatic heterocycles. The summed E-state index contributed by atoms with van der Waals surface area (Å²) in [7, 11) is 0. The predicted molar refractivity (Wildman–Crippen MR) is 95.4 cm³/mol. The summed E-state index contributed by atoms with van der Waals surface area (Å²) in [5.41, 5.74) is 6.48. The molecule has 0 fully saturated rings. The Hall–Kier alpha value is -1.06. The first-order valence-corrected chi connectivity index (χ1v) is 7.81. The summed E-state index contributed by atoms with van der Waals surface area (Å²) in [6, 6.07) is 0. The zero-order valence-corrected chi connectivity index (χ0v) is 15.8. The number of nitrogens with zero attached hydrogens (tertiary/aromatic N) is 1. The van der Waals surface area contributed by atoms with Gasteiger partial charge in [0.05, 0.1) is 5.56 Å². The number of hydrogen-bond acceptors (Lipinski definition) is 3. The maximum atomic E-state index is 12.4. The maximum absolute atomic E-state index is 12.4. The fourth-order valence-electron chi connectivity index (χ4n) is 2.69. The summed E-state index contributed by atoms with van der Waals surface area (Å²) < 4.78 is 5.49. The molecular formula is C18H30ClNO2. The molecule has 3 nitrogen and oxygen atoms in total. The second-order valence-electron chi connectivity index (χ2n) is 5.66. The van der Waals surface area contributed by atoms with E-state index in [9.17, 15) is 4.79 Å². The molecule has 0 N–H and O–H groups in total. The third-order valence-electron chi connectivity index (χ3n) is 4.74. The van der Waals surface area contributed by atoms with Crippen LogP contribution in [0.1, 0.15) is 52.0 Å². The highest BCUT2D eigenvalue weighted by Crippen LogP contribution is 2.26. The largest absolute Gasteiger partial charge is 0.461 e. The number of carbonyl (C=O) groups is 1. The van der Waals surface area contributed by atoms with Crippen molar-refractivity contribution in [1.29, 1.82) is 0 Å². The topological polar surface area (TPSA) is 29.5 Å². The normalized spacial score (nSPS) is 10.5. The fraction of sp³-hybridized carbons (Fsp3) is 0.611. The lowest BCUT2D eigenvalue weighted by atomic mass is 9.90. The van der Waals surface area contributed by atoms with Crippen LogP contribution in [0.5, 0.6) is 0 Å². The van der Waals surface area contributed by atoms with E-state index in [4.69, 9.17) is 4.74 Å². The molecule has 0 unspecified atom stereocenters. The van der Waals surface area contributed by atoms with E-state index < -0.39 is 0 Å². The summed E-state index contributed by atoms with van der Waals surface area (Å²) in [5.74, 6) is -0.191. The summed E-state index contributed by atoms with van der Waals surface area (Å²) >= 11 is 0. The second kappa shape index (κ2) is 9.16. The number of rotatable bonds is 6. The monoisotopic (exact) mass is 327 g/mol. The van der Waals surface area contributed by atoms with Crippen LogP contribution in [0, 0.1) is 34.6 Å². The molecule has 126 valence electrons. The van der Waals surface area contributed by atoms with Gasteiger partial charge < -0.3 is 9.64 Å². The minimum atomic E-state index is -0.191. The molecule has 0 saturated carbocycles. The van der Waals surface area contributed by atoms with Crippen molar-refractivity contribution < 1.29 is 9.53 Å². The van der Waals surface area contributed by atoms with Gasteiger partial charge in [-0.1, -0.05) is 13.8 Å². The number of carbonyl (C=O) groups excluding carboxylic acids is 1. The van der Waals surface area contributed by atoms with E-state index in [1.54, 1.807) is 0 Å². The highest BCUT2D eigenvalue weighted by molar-refractivity contribution is 5.93. The van der Waals surface area contributed by atoms with Gasteiger partial charge in [-0.2, -0.15) is 0 Å². The Morgan fingerprint density at radius 2 is 1.27 bits per heavy atom. The van der Waals surface area contributed by atoms with E-state index in [0.717, 1.165) is 36.3 Å². The van der Waals surface area contributed by atoms with Crippen molar-refractivity contribution in [3.63, 3.8) is 0 Å². The summed E-state index contributed by atoms with van der Waals surface area (Å²) in [4.78, 5) is 14.7. The SMILES string of the molecule is CCN(CC)CCOC(=O)c1c(C)c(C)c(C)c(C)c1C.Cl. The number of ether oxygens (including phenoxy) is 1. The van der Waals surface area contributed by atoms with Crippen molar-refractivity contribution >= 4 is 18.4 Å². The Morgan fingerprint density at radius 3 is 1.68 bits per heavy atom. The lowest BCUT2D eigenvalue weighted by Gasteiger charge is -2.20. The molecule has 0 spiro atoms. The lowest BCUT2D eigenvalue weighted by molar-refractivity contribution is 0.0464. The summed E-state index contributed by atoms with van der Waals surface area (Å²) in [6.45, 7) is 17.7. The summed E-state index contributed by atoms with van der Waals surface area (Å²) in [6.07, 6.45) is 0. The number of hydrogen-bond donors (Lipinski definition) is 0. The van der Waals surface area contributed by atoms with Crippen molar-refractivity contribution in [3.05, 3.63) is 33.4 Å². The minimum absolute atomic E-state index is 0. The maximum Gasteiger partial charge on any atom is 0.338 e. The molecule has 0 amide bonds. The van der Waals surface area contributed by atoms with E-state index in [0.29, 0.717) is 6.61 Å². The number of benzene rings is 1. The van der Waals surface area contributed by atoms with Crippen LogP contribution in [0.2, 0.25) is 0 Å². The van der Waals surface area contributed by atoms with Crippen LogP contribution in [-0.2, 0) is 4.74 Å². The first-order valence-electron chi connectivity index (χ1n) is 7.81. The Kier molecular flexibility index (Phi) is 8.72. The van der Waals surface area contributed by atoms with Gasteiger partial charge in [0.15, 0.2) is 0 Å². The molecule has 22 heavy (non-hydrogen) atoms. The molecular weight excluding hydrogens is 298 g/mol. The minimum Gasteiger partial charge on any atom is -0.461 e. The molecule has 0 atom stereocenters. The van der Waals surface area contributed by atoms with Gasteiger partial charge in [0.2, 0.25) is 0 Å². The van der Waals surface area contributed by atoms with E-state index >= 15 is 0 Å². The average Bonchev–Trinajstić information content (AvgIpc) is 2.47. The van der Waals surface area contributed by atoms with Crippen LogP contribution >= 0.6 is 12.4 Å². The van der Waals surface area contributed by atoms with Gasteiger partial charge in [-0.3, -0.25) is 0 Å². The quantitative estimate of drug-likeness (QED) is 0.735. The van der Waals surface area contributed by atoms with Crippen molar-refractivity contribution in [1.82, 2.24) is 4.90 Å². The average molecular weight is 328 g/mol. The first kappa shape index (κ1) is 20.9. The summed E-state index contributed by atoms with van der Waals surface area (Å²) in [5, 5.41) is 0. The molecule has 4 heteroatoms. The number of likely N-dealkylation sites (N-methyl/N-ethyl adjacent to an activating group) is 1. The van der Waals surface area contributed by atoms with Gasteiger partial charge in [-0.15, -0.1) is 12.4 Å². The van der Waals surface area contributed by atoms with E-state index in [-0.39, 0.29) is 18.4 Å². The first-order chi connectivity index (χ1) is 9.84. The standard InChI is InChI=1S/C18H29NO2.ClH/c1-8-19(9-2)10-11-21-18(20)17-15(6)13(4)12(3)14(5)16(17)7;/h8-11H2,1-7H3;1H. The fourth-order valence-corrected chi connectivity index (χ4v) is 2.69. The zero-order valence-electron chi connectivity index (χ0n) is 15.0. The van der Waals surface area contributed by atoms with Crippen molar-refractivity contribution in [2.24, 2.45) is 0 Å². The molecule has 1 rings (SSSR count). The predicted octanol–water partition coefficient (Wildman–Crippen LogP) is 4.15.